The number of halogens is 2. The molecule has 0 aromatic heterocycles. The lowest BCUT2D eigenvalue weighted by atomic mass is 10.1. The second kappa shape index (κ2) is 5.18. The van der Waals surface area contributed by atoms with E-state index in [9.17, 15) is 14.0 Å². The van der Waals surface area contributed by atoms with Crippen molar-refractivity contribution in [3.05, 3.63) is 63.9 Å². The lowest BCUT2D eigenvalue weighted by Crippen LogP contribution is -2.19. The molecule has 0 aliphatic carbocycles. The lowest BCUT2D eigenvalue weighted by Gasteiger charge is -2.08. The average molecular weight is 305 g/mol. The van der Waals surface area contributed by atoms with Gasteiger partial charge >= 0.3 is 0 Å². The Kier molecular flexibility index (Phi) is 3.35. The van der Waals surface area contributed by atoms with Crippen molar-refractivity contribution in [1.82, 2.24) is 5.32 Å². The predicted molar refractivity (Wildman–Crippen MR) is 77.0 cm³/mol. The van der Waals surface area contributed by atoms with Gasteiger partial charge in [0.05, 0.1) is 16.1 Å². The molecule has 2 amide bonds. The Morgan fingerprint density at radius 2 is 1.81 bits per heavy atom. The molecule has 2 N–H and O–H groups in total. The molecule has 0 radical (unpaired) electrons. The number of carbonyl (C=O) groups is 2. The van der Waals surface area contributed by atoms with Crippen LogP contribution in [0.2, 0.25) is 5.02 Å². The molecule has 2 aromatic rings. The zero-order valence-electron chi connectivity index (χ0n) is 10.7. The number of hydrogen-bond donors (Lipinski definition) is 2. The van der Waals surface area contributed by atoms with Gasteiger partial charge in [-0.15, -0.1) is 0 Å². The summed E-state index contributed by atoms with van der Waals surface area (Å²) in [5, 5.41) is 5.40. The Morgan fingerprint density at radius 3 is 2.57 bits per heavy atom. The van der Waals surface area contributed by atoms with Gasteiger partial charge in [-0.25, -0.2) is 4.39 Å². The minimum atomic E-state index is -0.465. The van der Waals surface area contributed by atoms with Crippen molar-refractivity contribution < 1.29 is 14.0 Å². The molecule has 2 aromatic carbocycles. The van der Waals surface area contributed by atoms with Crippen LogP contribution in [0, 0.1) is 5.82 Å². The van der Waals surface area contributed by atoms with Gasteiger partial charge < -0.3 is 5.32 Å². The van der Waals surface area contributed by atoms with Crippen LogP contribution in [0.1, 0.15) is 26.3 Å². The predicted octanol–water partition coefficient (Wildman–Crippen LogP) is 2.97. The van der Waals surface area contributed by atoms with Crippen molar-refractivity contribution >= 4 is 29.1 Å². The molecule has 1 aliphatic rings. The summed E-state index contributed by atoms with van der Waals surface area (Å²) >= 11 is 5.71. The number of amides is 2. The van der Waals surface area contributed by atoms with Gasteiger partial charge in [-0.2, -0.15) is 0 Å². The van der Waals surface area contributed by atoms with E-state index in [2.05, 4.69) is 10.6 Å². The van der Waals surface area contributed by atoms with Crippen molar-refractivity contribution in [3.63, 3.8) is 0 Å². The van der Waals surface area contributed by atoms with Crippen LogP contribution in [-0.2, 0) is 6.54 Å². The van der Waals surface area contributed by atoms with Crippen LogP contribution in [0.4, 0.5) is 10.1 Å². The third-order valence-electron chi connectivity index (χ3n) is 3.22. The van der Waals surface area contributed by atoms with E-state index in [4.69, 9.17) is 11.6 Å². The molecule has 106 valence electrons. The van der Waals surface area contributed by atoms with E-state index in [1.165, 1.54) is 12.1 Å². The number of nitrogens with one attached hydrogen (secondary N) is 2. The summed E-state index contributed by atoms with van der Waals surface area (Å²) in [4.78, 5) is 23.0. The summed E-state index contributed by atoms with van der Waals surface area (Å²) in [6, 6.07) is 9.37. The molecule has 1 aliphatic heterocycles. The van der Waals surface area contributed by atoms with Crippen LogP contribution in [-0.4, -0.2) is 11.8 Å². The standard InChI is InChI=1S/C15H10ClFN2O2/c16-12-5-8(1-4-13(12)17)7-18-9-2-3-10-11(6-9)15(21)19-14(10)20/h1-6,18H,7H2,(H,19,20,21). The number of benzene rings is 2. The molecule has 1 heterocycles. The van der Waals surface area contributed by atoms with Gasteiger partial charge in [0.2, 0.25) is 0 Å². The molecule has 4 nitrogen and oxygen atoms in total. The van der Waals surface area contributed by atoms with Gasteiger partial charge in [-0.3, -0.25) is 14.9 Å². The molecule has 0 saturated carbocycles. The van der Waals surface area contributed by atoms with Gasteiger partial charge in [0.15, 0.2) is 0 Å². The second-order valence-corrected chi connectivity index (χ2v) is 5.05. The second-order valence-electron chi connectivity index (χ2n) is 4.65. The monoisotopic (exact) mass is 304 g/mol. The molecule has 0 spiro atoms. The Bertz CT molecular complexity index is 761. The molecular formula is C15H10ClFN2O2. The van der Waals surface area contributed by atoms with Gasteiger partial charge in [0.25, 0.3) is 11.8 Å². The Morgan fingerprint density at radius 1 is 1.05 bits per heavy atom. The maximum absolute atomic E-state index is 13.1. The minimum absolute atomic E-state index is 0.0632. The Hall–Kier alpha value is -2.40. The maximum Gasteiger partial charge on any atom is 0.259 e. The van der Waals surface area contributed by atoms with Crippen LogP contribution in [0.25, 0.3) is 0 Å². The molecular weight excluding hydrogens is 295 g/mol. The zero-order valence-corrected chi connectivity index (χ0v) is 11.5. The molecule has 0 fully saturated rings. The van der Waals surface area contributed by atoms with E-state index in [-0.39, 0.29) is 10.9 Å². The molecule has 3 rings (SSSR count). The van der Waals surface area contributed by atoms with Gasteiger partial charge in [0.1, 0.15) is 5.82 Å². The quantitative estimate of drug-likeness (QED) is 0.857. The highest BCUT2D eigenvalue weighted by atomic mass is 35.5. The minimum Gasteiger partial charge on any atom is -0.381 e. The van der Waals surface area contributed by atoms with Crippen molar-refractivity contribution in [2.24, 2.45) is 0 Å². The smallest absolute Gasteiger partial charge is 0.259 e. The highest BCUT2D eigenvalue weighted by Gasteiger charge is 2.26. The topological polar surface area (TPSA) is 58.2 Å². The fraction of sp³-hybridized carbons (Fsp3) is 0.0667. The number of rotatable bonds is 3. The number of fused-ring (bicyclic) bond motifs is 1. The van der Waals surface area contributed by atoms with Crippen LogP contribution in [0.5, 0.6) is 0 Å². The van der Waals surface area contributed by atoms with Gasteiger partial charge in [-0.05, 0) is 35.9 Å². The summed E-state index contributed by atoms with van der Waals surface area (Å²) in [5.74, 6) is -1.25. The van der Waals surface area contributed by atoms with Crippen molar-refractivity contribution in [2.75, 3.05) is 5.32 Å². The van der Waals surface area contributed by atoms with E-state index < -0.39 is 11.7 Å². The van der Waals surface area contributed by atoms with E-state index in [0.29, 0.717) is 23.4 Å². The summed E-state index contributed by atoms with van der Waals surface area (Å²) in [5.41, 5.74) is 2.22. The number of hydrogen-bond acceptors (Lipinski definition) is 3. The molecule has 0 bridgehead atoms. The van der Waals surface area contributed by atoms with E-state index in [1.54, 1.807) is 24.3 Å². The highest BCUT2D eigenvalue weighted by Crippen LogP contribution is 2.21. The van der Waals surface area contributed by atoms with Crippen molar-refractivity contribution in [1.29, 1.82) is 0 Å². The summed E-state index contributed by atoms with van der Waals surface area (Å²) in [6.45, 7) is 0.425. The first-order valence-corrected chi connectivity index (χ1v) is 6.60. The third kappa shape index (κ3) is 2.60. The molecule has 6 heteroatoms. The van der Waals surface area contributed by atoms with Crippen LogP contribution in [0.15, 0.2) is 36.4 Å². The highest BCUT2D eigenvalue weighted by molar-refractivity contribution is 6.30. The van der Waals surface area contributed by atoms with Crippen LogP contribution in [0.3, 0.4) is 0 Å². The van der Waals surface area contributed by atoms with Crippen LogP contribution >= 0.6 is 11.6 Å². The van der Waals surface area contributed by atoms with E-state index in [0.717, 1.165) is 5.56 Å². The summed E-state index contributed by atoms with van der Waals surface area (Å²) < 4.78 is 13.1. The van der Waals surface area contributed by atoms with Crippen molar-refractivity contribution in [3.8, 4) is 0 Å². The molecule has 0 unspecified atom stereocenters. The average Bonchev–Trinajstić information content (AvgIpc) is 2.75. The first kappa shape index (κ1) is 13.6. The van der Waals surface area contributed by atoms with E-state index in [1.807, 2.05) is 0 Å². The van der Waals surface area contributed by atoms with Crippen LogP contribution < -0.4 is 10.6 Å². The zero-order chi connectivity index (χ0) is 15.0. The normalized spacial score (nSPS) is 13.0. The SMILES string of the molecule is O=C1NC(=O)c2cc(NCc3ccc(F)c(Cl)c3)ccc21. The van der Waals surface area contributed by atoms with E-state index >= 15 is 0 Å². The number of carbonyl (C=O) groups excluding carboxylic acids is 2. The summed E-state index contributed by atoms with van der Waals surface area (Å²) in [7, 11) is 0. The molecule has 0 atom stereocenters. The number of imide groups is 1. The molecule has 0 saturated heterocycles. The lowest BCUT2D eigenvalue weighted by molar-refractivity contribution is 0.0879. The Labute approximate surface area is 124 Å². The van der Waals surface area contributed by atoms with Crippen molar-refractivity contribution in [2.45, 2.75) is 6.54 Å². The fourth-order valence-electron chi connectivity index (χ4n) is 2.13. The number of anilines is 1. The summed E-state index contributed by atoms with van der Waals surface area (Å²) in [6.07, 6.45) is 0. The first-order chi connectivity index (χ1) is 10.0. The van der Waals surface area contributed by atoms with Gasteiger partial charge in [0, 0.05) is 12.2 Å². The third-order valence-corrected chi connectivity index (χ3v) is 3.51. The largest absolute Gasteiger partial charge is 0.381 e. The first-order valence-electron chi connectivity index (χ1n) is 6.22. The van der Waals surface area contributed by atoms with Gasteiger partial charge in [-0.1, -0.05) is 17.7 Å². The maximum atomic E-state index is 13.1. The molecule has 21 heavy (non-hydrogen) atoms. The Balaban J connectivity index is 1.77. The fourth-order valence-corrected chi connectivity index (χ4v) is 2.33.